The van der Waals surface area contributed by atoms with Crippen LogP contribution in [0, 0.1) is 5.92 Å². The topological polar surface area (TPSA) is 21.3 Å². The third-order valence-electron chi connectivity index (χ3n) is 3.85. The fourth-order valence-corrected chi connectivity index (χ4v) is 2.64. The Kier molecular flexibility index (Phi) is 5.06. The predicted molar refractivity (Wildman–Crippen MR) is 76.0 cm³/mol. The molecule has 1 aliphatic heterocycles. The van der Waals surface area contributed by atoms with Crippen molar-refractivity contribution in [1.29, 1.82) is 0 Å². The molecule has 0 bridgehead atoms. The van der Waals surface area contributed by atoms with Gasteiger partial charge >= 0.3 is 0 Å². The van der Waals surface area contributed by atoms with E-state index in [1.807, 2.05) is 0 Å². The summed E-state index contributed by atoms with van der Waals surface area (Å²) in [6, 6.07) is 9.15. The molecule has 2 atom stereocenters. The van der Waals surface area contributed by atoms with Crippen molar-refractivity contribution >= 4 is 0 Å². The van der Waals surface area contributed by atoms with Gasteiger partial charge in [-0.3, -0.25) is 0 Å². The standard InChI is InChI=1S/C16H25NO/c1-3-11-18-15-7-5-14(6-8-15)16-12-13(4-2)9-10-17-16/h5-8,13,16-17H,3-4,9-12H2,1-2H3. The number of hydrogen-bond acceptors (Lipinski definition) is 2. The zero-order valence-corrected chi connectivity index (χ0v) is 11.6. The summed E-state index contributed by atoms with van der Waals surface area (Å²) in [5.74, 6) is 1.87. The number of rotatable bonds is 5. The number of nitrogens with one attached hydrogen (secondary N) is 1. The molecular formula is C16H25NO. The first-order chi connectivity index (χ1) is 8.83. The van der Waals surface area contributed by atoms with Gasteiger partial charge in [-0.2, -0.15) is 0 Å². The molecule has 2 heteroatoms. The van der Waals surface area contributed by atoms with Gasteiger partial charge in [0.15, 0.2) is 0 Å². The van der Waals surface area contributed by atoms with Gasteiger partial charge in [-0.25, -0.2) is 0 Å². The van der Waals surface area contributed by atoms with Crippen LogP contribution in [0.5, 0.6) is 5.75 Å². The first-order valence-corrected chi connectivity index (χ1v) is 7.29. The molecule has 1 saturated heterocycles. The first kappa shape index (κ1) is 13.4. The molecule has 1 aliphatic rings. The van der Waals surface area contributed by atoms with Crippen molar-refractivity contribution in [3.05, 3.63) is 29.8 Å². The van der Waals surface area contributed by atoms with Gasteiger partial charge in [-0.1, -0.05) is 32.4 Å². The maximum atomic E-state index is 5.62. The van der Waals surface area contributed by atoms with Crippen molar-refractivity contribution < 1.29 is 4.74 Å². The second-order valence-corrected chi connectivity index (χ2v) is 5.22. The molecule has 1 aromatic carbocycles. The van der Waals surface area contributed by atoms with Crippen LogP contribution in [0.25, 0.3) is 0 Å². The summed E-state index contributed by atoms with van der Waals surface area (Å²) in [4.78, 5) is 0. The Labute approximate surface area is 111 Å². The van der Waals surface area contributed by atoms with E-state index in [4.69, 9.17) is 4.74 Å². The Hall–Kier alpha value is -1.02. The van der Waals surface area contributed by atoms with E-state index < -0.39 is 0 Å². The van der Waals surface area contributed by atoms with Crippen LogP contribution in [0.1, 0.15) is 51.1 Å². The van der Waals surface area contributed by atoms with Crippen molar-refractivity contribution in [3.63, 3.8) is 0 Å². The van der Waals surface area contributed by atoms with Crippen LogP contribution in [0.15, 0.2) is 24.3 Å². The molecule has 0 amide bonds. The lowest BCUT2D eigenvalue weighted by molar-refractivity contribution is 0.298. The minimum atomic E-state index is 0.531. The smallest absolute Gasteiger partial charge is 0.119 e. The largest absolute Gasteiger partial charge is 0.494 e. The van der Waals surface area contributed by atoms with Crippen LogP contribution < -0.4 is 10.1 Å². The highest BCUT2D eigenvalue weighted by atomic mass is 16.5. The van der Waals surface area contributed by atoms with Crippen LogP contribution in [0.2, 0.25) is 0 Å². The summed E-state index contributed by atoms with van der Waals surface area (Å²) >= 11 is 0. The first-order valence-electron chi connectivity index (χ1n) is 7.29. The quantitative estimate of drug-likeness (QED) is 0.851. The number of hydrogen-bond donors (Lipinski definition) is 1. The zero-order chi connectivity index (χ0) is 12.8. The van der Waals surface area contributed by atoms with E-state index in [1.165, 1.54) is 24.8 Å². The summed E-state index contributed by atoms with van der Waals surface area (Å²) in [6.45, 7) is 6.39. The fraction of sp³-hybridized carbons (Fsp3) is 0.625. The molecule has 0 aliphatic carbocycles. The number of ether oxygens (including phenoxy) is 1. The highest BCUT2D eigenvalue weighted by Crippen LogP contribution is 2.29. The molecule has 1 fully saturated rings. The fourth-order valence-electron chi connectivity index (χ4n) is 2.64. The SMILES string of the molecule is CCCOc1ccc(C2CC(CC)CCN2)cc1. The Bertz CT molecular complexity index is 347. The van der Waals surface area contributed by atoms with E-state index >= 15 is 0 Å². The van der Waals surface area contributed by atoms with Gasteiger partial charge in [-0.15, -0.1) is 0 Å². The number of benzene rings is 1. The summed E-state index contributed by atoms with van der Waals surface area (Å²) in [7, 11) is 0. The number of piperidine rings is 1. The predicted octanol–water partition coefficient (Wildman–Crippen LogP) is 3.93. The Morgan fingerprint density at radius 1 is 1.22 bits per heavy atom. The van der Waals surface area contributed by atoms with Gasteiger partial charge < -0.3 is 10.1 Å². The summed E-state index contributed by atoms with van der Waals surface area (Å²) in [6.07, 6.45) is 4.95. The monoisotopic (exact) mass is 247 g/mol. The Morgan fingerprint density at radius 2 is 2.00 bits per heavy atom. The van der Waals surface area contributed by atoms with Gasteiger partial charge in [0, 0.05) is 6.04 Å². The Morgan fingerprint density at radius 3 is 2.67 bits per heavy atom. The maximum Gasteiger partial charge on any atom is 0.119 e. The lowest BCUT2D eigenvalue weighted by Gasteiger charge is -2.30. The van der Waals surface area contributed by atoms with Crippen molar-refractivity contribution in [1.82, 2.24) is 5.32 Å². The lowest BCUT2D eigenvalue weighted by atomic mass is 9.87. The van der Waals surface area contributed by atoms with E-state index in [1.54, 1.807) is 0 Å². The minimum Gasteiger partial charge on any atom is -0.494 e. The summed E-state index contributed by atoms with van der Waals surface area (Å²) < 4.78 is 5.62. The molecule has 1 aromatic rings. The summed E-state index contributed by atoms with van der Waals surface area (Å²) in [5.41, 5.74) is 1.40. The molecule has 2 unspecified atom stereocenters. The van der Waals surface area contributed by atoms with Crippen molar-refractivity contribution in [2.75, 3.05) is 13.2 Å². The van der Waals surface area contributed by atoms with Crippen molar-refractivity contribution in [2.24, 2.45) is 5.92 Å². The molecular weight excluding hydrogens is 222 g/mol. The van der Waals surface area contributed by atoms with Crippen LogP contribution >= 0.6 is 0 Å². The molecule has 2 nitrogen and oxygen atoms in total. The van der Waals surface area contributed by atoms with Crippen molar-refractivity contribution in [3.8, 4) is 5.75 Å². The molecule has 0 spiro atoms. The van der Waals surface area contributed by atoms with Gasteiger partial charge in [0.05, 0.1) is 6.61 Å². The third kappa shape index (κ3) is 3.49. The van der Waals surface area contributed by atoms with E-state index in [-0.39, 0.29) is 0 Å². The highest BCUT2D eigenvalue weighted by Gasteiger charge is 2.21. The molecule has 0 aromatic heterocycles. The van der Waals surface area contributed by atoms with Gasteiger partial charge in [-0.05, 0) is 49.4 Å². The molecule has 18 heavy (non-hydrogen) atoms. The van der Waals surface area contributed by atoms with Crippen LogP contribution in [-0.2, 0) is 0 Å². The van der Waals surface area contributed by atoms with Gasteiger partial charge in [0.2, 0.25) is 0 Å². The molecule has 0 saturated carbocycles. The third-order valence-corrected chi connectivity index (χ3v) is 3.85. The Balaban J connectivity index is 1.96. The molecule has 100 valence electrons. The van der Waals surface area contributed by atoms with Crippen LogP contribution in [0.3, 0.4) is 0 Å². The minimum absolute atomic E-state index is 0.531. The average Bonchev–Trinajstić information content (AvgIpc) is 2.46. The second kappa shape index (κ2) is 6.79. The van der Waals surface area contributed by atoms with E-state index in [2.05, 4.69) is 43.4 Å². The molecule has 1 N–H and O–H groups in total. The normalized spacial score (nSPS) is 23.9. The van der Waals surface area contributed by atoms with E-state index in [0.29, 0.717) is 6.04 Å². The molecule has 1 heterocycles. The zero-order valence-electron chi connectivity index (χ0n) is 11.6. The average molecular weight is 247 g/mol. The van der Waals surface area contributed by atoms with Crippen LogP contribution in [0.4, 0.5) is 0 Å². The van der Waals surface area contributed by atoms with E-state index in [9.17, 15) is 0 Å². The van der Waals surface area contributed by atoms with Gasteiger partial charge in [0.25, 0.3) is 0 Å². The molecule has 2 rings (SSSR count). The highest BCUT2D eigenvalue weighted by molar-refractivity contribution is 5.29. The lowest BCUT2D eigenvalue weighted by Crippen LogP contribution is -2.31. The second-order valence-electron chi connectivity index (χ2n) is 5.22. The van der Waals surface area contributed by atoms with Crippen LogP contribution in [-0.4, -0.2) is 13.2 Å². The maximum absolute atomic E-state index is 5.62. The van der Waals surface area contributed by atoms with Crippen molar-refractivity contribution in [2.45, 2.75) is 45.6 Å². The van der Waals surface area contributed by atoms with Gasteiger partial charge in [0.1, 0.15) is 5.75 Å². The summed E-state index contributed by atoms with van der Waals surface area (Å²) in [5, 5.41) is 3.62. The van der Waals surface area contributed by atoms with E-state index in [0.717, 1.165) is 31.2 Å². The molecule has 0 radical (unpaired) electrons.